The highest BCUT2D eigenvalue weighted by Crippen LogP contribution is 2.49. The van der Waals surface area contributed by atoms with Gasteiger partial charge in [0.05, 0.1) is 6.61 Å². The summed E-state index contributed by atoms with van der Waals surface area (Å²) in [6.07, 6.45) is 6.19. The third kappa shape index (κ3) is 2.34. The molecule has 0 aliphatic heterocycles. The van der Waals surface area contributed by atoms with Crippen LogP contribution in [-0.2, 0) is 14.9 Å². The fourth-order valence-corrected chi connectivity index (χ4v) is 3.01. The first-order valence-corrected chi connectivity index (χ1v) is 7.67. The summed E-state index contributed by atoms with van der Waals surface area (Å²) in [5.41, 5.74) is -0.636. The van der Waals surface area contributed by atoms with Crippen LogP contribution >= 0.6 is 0 Å². The summed E-state index contributed by atoms with van der Waals surface area (Å²) in [4.78, 5) is 16.5. The van der Waals surface area contributed by atoms with Gasteiger partial charge in [0, 0.05) is 5.92 Å². The van der Waals surface area contributed by atoms with Crippen molar-refractivity contribution in [2.75, 3.05) is 6.61 Å². The lowest BCUT2D eigenvalue weighted by Gasteiger charge is -2.23. The number of hydrogen-bond acceptors (Lipinski definition) is 5. The molecule has 0 spiro atoms. The highest BCUT2D eigenvalue weighted by atomic mass is 16.5. The van der Waals surface area contributed by atoms with Gasteiger partial charge in [0.25, 0.3) is 0 Å². The number of esters is 1. The van der Waals surface area contributed by atoms with E-state index in [1.165, 1.54) is 12.8 Å². The molecule has 1 aromatic rings. The summed E-state index contributed by atoms with van der Waals surface area (Å²) in [5, 5.41) is 4.12. The number of aromatic nitrogens is 2. The maximum Gasteiger partial charge on any atom is 0.321 e. The number of nitrogens with zero attached hydrogens (tertiary/aromatic N) is 2. The summed E-state index contributed by atoms with van der Waals surface area (Å²) >= 11 is 0. The van der Waals surface area contributed by atoms with E-state index in [1.54, 1.807) is 0 Å². The maximum absolute atomic E-state index is 12.0. The van der Waals surface area contributed by atoms with Crippen molar-refractivity contribution in [3.05, 3.63) is 11.7 Å². The summed E-state index contributed by atoms with van der Waals surface area (Å²) in [6.45, 7) is 4.50. The maximum atomic E-state index is 12.0. The number of carbonyl (C=O) groups is 1. The molecule has 5 nitrogen and oxygen atoms in total. The first-order valence-electron chi connectivity index (χ1n) is 7.67. The number of rotatable bonds is 4. The minimum absolute atomic E-state index is 0.215. The number of carbonyl (C=O) groups excluding carboxylic acids is 1. The van der Waals surface area contributed by atoms with Gasteiger partial charge in [-0.05, 0) is 38.5 Å². The van der Waals surface area contributed by atoms with Crippen molar-refractivity contribution in [1.82, 2.24) is 10.1 Å². The summed E-state index contributed by atoms with van der Waals surface area (Å²) in [6, 6.07) is 0. The second-order valence-corrected chi connectivity index (χ2v) is 6.22. The molecular formula is C15H22N2O3. The Morgan fingerprint density at radius 1 is 1.35 bits per heavy atom. The Morgan fingerprint density at radius 3 is 2.65 bits per heavy atom. The van der Waals surface area contributed by atoms with E-state index in [0.29, 0.717) is 18.4 Å². The van der Waals surface area contributed by atoms with Gasteiger partial charge < -0.3 is 9.26 Å². The van der Waals surface area contributed by atoms with Gasteiger partial charge in [0.15, 0.2) is 5.82 Å². The van der Waals surface area contributed by atoms with Gasteiger partial charge in [-0.15, -0.1) is 0 Å². The van der Waals surface area contributed by atoms with E-state index >= 15 is 0 Å². The van der Waals surface area contributed by atoms with Crippen LogP contribution in [0.15, 0.2) is 4.52 Å². The van der Waals surface area contributed by atoms with Gasteiger partial charge in [-0.25, -0.2) is 0 Å². The Balaban J connectivity index is 1.72. The van der Waals surface area contributed by atoms with E-state index in [0.717, 1.165) is 37.4 Å². The van der Waals surface area contributed by atoms with E-state index in [9.17, 15) is 4.79 Å². The van der Waals surface area contributed by atoms with Crippen LogP contribution in [0.4, 0.5) is 0 Å². The Morgan fingerprint density at radius 2 is 2.05 bits per heavy atom. The fourth-order valence-electron chi connectivity index (χ4n) is 3.01. The predicted molar refractivity (Wildman–Crippen MR) is 72.2 cm³/mol. The molecule has 0 atom stereocenters. The smallest absolute Gasteiger partial charge is 0.321 e. The molecule has 110 valence electrons. The Hall–Kier alpha value is -1.39. The molecule has 0 amide bonds. The van der Waals surface area contributed by atoms with Crippen molar-refractivity contribution < 1.29 is 14.1 Å². The Bertz CT molecular complexity index is 485. The largest absolute Gasteiger partial charge is 0.465 e. The third-order valence-electron chi connectivity index (χ3n) is 4.65. The third-order valence-corrected chi connectivity index (χ3v) is 4.65. The molecular weight excluding hydrogens is 256 g/mol. The normalized spacial score (nSPS) is 28.1. The van der Waals surface area contributed by atoms with E-state index in [4.69, 9.17) is 9.26 Å². The Labute approximate surface area is 119 Å². The van der Waals surface area contributed by atoms with Crippen molar-refractivity contribution in [2.45, 2.75) is 63.7 Å². The topological polar surface area (TPSA) is 65.2 Å². The quantitative estimate of drug-likeness (QED) is 0.792. The lowest BCUT2D eigenvalue weighted by molar-refractivity contribution is -0.146. The lowest BCUT2D eigenvalue weighted by Crippen LogP contribution is -2.23. The molecule has 2 aliphatic carbocycles. The van der Waals surface area contributed by atoms with Crippen LogP contribution in [0, 0.1) is 5.92 Å². The highest BCUT2D eigenvalue weighted by Gasteiger charge is 2.57. The van der Waals surface area contributed by atoms with E-state index in [2.05, 4.69) is 17.1 Å². The van der Waals surface area contributed by atoms with Gasteiger partial charge in [-0.2, -0.15) is 4.98 Å². The van der Waals surface area contributed by atoms with Crippen LogP contribution < -0.4 is 0 Å². The van der Waals surface area contributed by atoms with Gasteiger partial charge in [-0.3, -0.25) is 4.79 Å². The fraction of sp³-hybridized carbons (Fsp3) is 0.800. The SMILES string of the molecule is CCOC(=O)C1(c2nc(C3CCC(C)CC3)no2)CC1. The summed E-state index contributed by atoms with van der Waals surface area (Å²) in [5.74, 6) is 2.22. The first-order chi connectivity index (χ1) is 9.65. The molecule has 2 fully saturated rings. The number of ether oxygens (including phenoxy) is 1. The molecule has 20 heavy (non-hydrogen) atoms. The average Bonchev–Trinajstić information content (AvgIpc) is 3.12. The Kier molecular flexibility index (Phi) is 3.52. The van der Waals surface area contributed by atoms with Crippen LogP contribution in [0.3, 0.4) is 0 Å². The van der Waals surface area contributed by atoms with Crippen molar-refractivity contribution >= 4 is 5.97 Å². The van der Waals surface area contributed by atoms with Gasteiger partial charge in [-0.1, -0.05) is 24.9 Å². The molecule has 0 N–H and O–H groups in total. The molecule has 3 rings (SSSR count). The van der Waals surface area contributed by atoms with Crippen LogP contribution in [0.25, 0.3) is 0 Å². The highest BCUT2D eigenvalue weighted by molar-refractivity contribution is 5.85. The van der Waals surface area contributed by atoms with Crippen LogP contribution in [0.1, 0.15) is 70.0 Å². The monoisotopic (exact) mass is 278 g/mol. The summed E-state index contributed by atoms with van der Waals surface area (Å²) < 4.78 is 10.5. The molecule has 0 saturated heterocycles. The molecule has 1 aromatic heterocycles. The van der Waals surface area contributed by atoms with Gasteiger partial charge in [0.1, 0.15) is 5.41 Å². The molecule has 0 bridgehead atoms. The van der Waals surface area contributed by atoms with E-state index in [-0.39, 0.29) is 5.97 Å². The summed E-state index contributed by atoms with van der Waals surface area (Å²) in [7, 11) is 0. The van der Waals surface area contributed by atoms with Crippen LogP contribution in [0.5, 0.6) is 0 Å². The van der Waals surface area contributed by atoms with Gasteiger partial charge in [0.2, 0.25) is 5.89 Å². The molecule has 0 radical (unpaired) electrons. The first kappa shape index (κ1) is 13.6. The molecule has 5 heteroatoms. The van der Waals surface area contributed by atoms with Crippen LogP contribution in [-0.4, -0.2) is 22.7 Å². The molecule has 0 unspecified atom stereocenters. The van der Waals surface area contributed by atoms with Gasteiger partial charge >= 0.3 is 5.97 Å². The zero-order chi connectivity index (χ0) is 14.2. The van der Waals surface area contributed by atoms with Crippen molar-refractivity contribution in [1.29, 1.82) is 0 Å². The second-order valence-electron chi connectivity index (χ2n) is 6.22. The van der Waals surface area contributed by atoms with Crippen molar-refractivity contribution in [3.63, 3.8) is 0 Å². The van der Waals surface area contributed by atoms with Crippen molar-refractivity contribution in [2.24, 2.45) is 5.92 Å². The zero-order valence-corrected chi connectivity index (χ0v) is 12.2. The van der Waals surface area contributed by atoms with Crippen LogP contribution in [0.2, 0.25) is 0 Å². The number of hydrogen-bond donors (Lipinski definition) is 0. The molecule has 2 aliphatic rings. The van der Waals surface area contributed by atoms with E-state index in [1.807, 2.05) is 6.92 Å². The second kappa shape index (κ2) is 5.19. The van der Waals surface area contributed by atoms with Crippen molar-refractivity contribution in [3.8, 4) is 0 Å². The molecule has 2 saturated carbocycles. The molecule has 0 aromatic carbocycles. The zero-order valence-electron chi connectivity index (χ0n) is 12.2. The lowest BCUT2D eigenvalue weighted by atomic mass is 9.83. The minimum atomic E-state index is -0.636. The standard InChI is InChI=1S/C15H22N2O3/c1-3-19-14(18)15(8-9-15)13-16-12(17-20-13)11-6-4-10(2)5-7-11/h10-11H,3-9H2,1-2H3. The minimum Gasteiger partial charge on any atom is -0.465 e. The van der Waals surface area contributed by atoms with E-state index < -0.39 is 5.41 Å². The molecule has 1 heterocycles. The predicted octanol–water partition coefficient (Wildman–Crippen LogP) is 2.96. The average molecular weight is 278 g/mol.